The topological polar surface area (TPSA) is 95.9 Å². The van der Waals surface area contributed by atoms with Crippen LogP contribution in [0.15, 0.2) is 48.5 Å². The summed E-state index contributed by atoms with van der Waals surface area (Å²) in [6.45, 7) is 5.96. The average molecular weight is 465 g/mol. The zero-order valence-corrected chi connectivity index (χ0v) is 20.1. The van der Waals surface area contributed by atoms with Crippen LogP contribution < -0.4 is 5.32 Å². The molecule has 2 aromatic rings. The maximum Gasteiger partial charge on any atom is 0.408 e. The highest BCUT2D eigenvalue weighted by atomic mass is 16.5. The van der Waals surface area contributed by atoms with Gasteiger partial charge in [-0.1, -0.05) is 69.3 Å². The van der Waals surface area contributed by atoms with Gasteiger partial charge < -0.3 is 20.1 Å². The minimum atomic E-state index is -1.09. The largest absolute Gasteiger partial charge is 0.480 e. The summed E-state index contributed by atoms with van der Waals surface area (Å²) in [4.78, 5) is 39.0. The fraction of sp³-hybridized carbons (Fsp3) is 0.444. The predicted octanol–water partition coefficient (Wildman–Crippen LogP) is 4.41. The molecule has 0 aliphatic heterocycles. The highest BCUT2D eigenvalue weighted by Crippen LogP contribution is 2.44. The van der Waals surface area contributed by atoms with Gasteiger partial charge in [0.25, 0.3) is 0 Å². The number of aliphatic carboxylic acids is 1. The Labute approximate surface area is 200 Å². The van der Waals surface area contributed by atoms with E-state index < -0.39 is 29.6 Å². The Bertz CT molecular complexity index is 1070. The van der Waals surface area contributed by atoms with Crippen LogP contribution >= 0.6 is 0 Å². The van der Waals surface area contributed by atoms with E-state index in [-0.39, 0.29) is 17.9 Å². The molecule has 1 unspecified atom stereocenters. The first kappa shape index (κ1) is 23.8. The first-order chi connectivity index (χ1) is 16.0. The van der Waals surface area contributed by atoms with Crippen LogP contribution in [0.25, 0.3) is 11.1 Å². The first-order valence-corrected chi connectivity index (χ1v) is 11.7. The van der Waals surface area contributed by atoms with E-state index in [1.807, 2.05) is 57.2 Å². The van der Waals surface area contributed by atoms with Crippen molar-refractivity contribution in [2.75, 3.05) is 13.7 Å². The molecule has 0 radical (unpaired) electrons. The smallest absolute Gasteiger partial charge is 0.408 e. The van der Waals surface area contributed by atoms with E-state index in [0.717, 1.165) is 22.3 Å². The Kier molecular flexibility index (Phi) is 6.14. The summed E-state index contributed by atoms with van der Waals surface area (Å²) in [5, 5.41) is 12.4. The number of hydrogen-bond donors (Lipinski definition) is 2. The van der Waals surface area contributed by atoms with Crippen molar-refractivity contribution in [1.82, 2.24) is 10.2 Å². The van der Waals surface area contributed by atoms with Crippen LogP contribution in [0.3, 0.4) is 0 Å². The molecule has 2 N–H and O–H groups in total. The van der Waals surface area contributed by atoms with Gasteiger partial charge in [0.1, 0.15) is 18.2 Å². The number of alkyl carbamates (subject to hydrolysis) is 1. The van der Waals surface area contributed by atoms with Gasteiger partial charge in [0.2, 0.25) is 5.91 Å². The van der Waals surface area contributed by atoms with Crippen molar-refractivity contribution in [3.05, 3.63) is 59.7 Å². The van der Waals surface area contributed by atoms with Gasteiger partial charge in [-0.3, -0.25) is 4.79 Å². The molecule has 7 nitrogen and oxygen atoms in total. The molecule has 0 bridgehead atoms. The van der Waals surface area contributed by atoms with Crippen LogP contribution in [0.5, 0.6) is 0 Å². The fourth-order valence-corrected chi connectivity index (χ4v) is 4.80. The molecule has 0 heterocycles. The SMILES string of the molecule is CN(C(=O)C1(NC(=O)OCC2c3ccccc3-c3ccccc32)CC1)C(CC(C)(C)C)C(=O)O. The van der Waals surface area contributed by atoms with Gasteiger partial charge in [-0.2, -0.15) is 0 Å². The van der Waals surface area contributed by atoms with Crippen molar-refractivity contribution in [3.63, 3.8) is 0 Å². The molecule has 180 valence electrons. The third-order valence-corrected chi connectivity index (χ3v) is 6.72. The van der Waals surface area contributed by atoms with Crippen molar-refractivity contribution in [1.29, 1.82) is 0 Å². The standard InChI is InChI=1S/C27H32N2O5/c1-26(2,3)15-22(23(30)31)29(4)24(32)27(13-14-27)28-25(33)34-16-21-19-11-7-5-9-17(19)18-10-6-8-12-20(18)21/h5-12,21-22H,13-16H2,1-4H3,(H,28,33)(H,30,31). The van der Waals surface area contributed by atoms with Crippen LogP contribution in [0.2, 0.25) is 0 Å². The average Bonchev–Trinajstić information content (AvgIpc) is 3.49. The zero-order valence-electron chi connectivity index (χ0n) is 20.1. The summed E-state index contributed by atoms with van der Waals surface area (Å²) in [6.07, 6.45) is 0.569. The van der Waals surface area contributed by atoms with E-state index in [9.17, 15) is 19.5 Å². The van der Waals surface area contributed by atoms with Gasteiger partial charge in [-0.15, -0.1) is 0 Å². The number of fused-ring (bicyclic) bond motifs is 3. The number of carbonyl (C=O) groups excluding carboxylic acids is 2. The number of hydrogen-bond acceptors (Lipinski definition) is 4. The van der Waals surface area contributed by atoms with Gasteiger partial charge in [-0.05, 0) is 46.9 Å². The van der Waals surface area contributed by atoms with Crippen molar-refractivity contribution < 1.29 is 24.2 Å². The lowest BCUT2D eigenvalue weighted by molar-refractivity contribution is -0.151. The van der Waals surface area contributed by atoms with Crippen molar-refractivity contribution in [2.24, 2.45) is 5.41 Å². The number of carboxylic acid groups (broad SMARTS) is 1. The molecular weight excluding hydrogens is 432 g/mol. The number of carbonyl (C=O) groups is 3. The van der Waals surface area contributed by atoms with E-state index >= 15 is 0 Å². The molecule has 7 heteroatoms. The van der Waals surface area contributed by atoms with Crippen LogP contribution in [0.4, 0.5) is 4.79 Å². The van der Waals surface area contributed by atoms with E-state index in [0.29, 0.717) is 19.3 Å². The maximum absolute atomic E-state index is 13.2. The van der Waals surface area contributed by atoms with Crippen molar-refractivity contribution in [3.8, 4) is 11.1 Å². The lowest BCUT2D eigenvalue weighted by Gasteiger charge is -2.32. The summed E-state index contributed by atoms with van der Waals surface area (Å²) < 4.78 is 5.60. The number of benzene rings is 2. The number of nitrogens with one attached hydrogen (secondary N) is 1. The molecular formula is C27H32N2O5. The third-order valence-electron chi connectivity index (χ3n) is 6.72. The summed E-state index contributed by atoms with van der Waals surface area (Å²) >= 11 is 0. The first-order valence-electron chi connectivity index (χ1n) is 11.7. The maximum atomic E-state index is 13.2. The predicted molar refractivity (Wildman–Crippen MR) is 128 cm³/mol. The van der Waals surface area contributed by atoms with Gasteiger partial charge in [0.05, 0.1) is 0 Å². The highest BCUT2D eigenvalue weighted by molar-refractivity contribution is 5.95. The molecule has 1 fully saturated rings. The molecule has 0 aromatic heterocycles. The van der Waals surface area contributed by atoms with Crippen LogP contribution in [0, 0.1) is 5.41 Å². The lowest BCUT2D eigenvalue weighted by Crippen LogP contribution is -2.54. The third kappa shape index (κ3) is 4.65. The van der Waals surface area contributed by atoms with E-state index in [2.05, 4.69) is 17.4 Å². The monoisotopic (exact) mass is 464 g/mol. The molecule has 1 saturated carbocycles. The van der Waals surface area contributed by atoms with E-state index in [1.165, 1.54) is 11.9 Å². The number of rotatable bonds is 7. The fourth-order valence-electron chi connectivity index (χ4n) is 4.80. The van der Waals surface area contributed by atoms with Crippen LogP contribution in [-0.4, -0.2) is 53.2 Å². The summed E-state index contributed by atoms with van der Waals surface area (Å²) in [7, 11) is 1.49. The Morgan fingerprint density at radius 1 is 1.06 bits per heavy atom. The minimum Gasteiger partial charge on any atom is -0.480 e. The second-order valence-electron chi connectivity index (χ2n) is 10.6. The second kappa shape index (κ2) is 8.78. The Hall–Kier alpha value is -3.35. The van der Waals surface area contributed by atoms with Crippen molar-refractivity contribution >= 4 is 18.0 Å². The lowest BCUT2D eigenvalue weighted by atomic mass is 9.87. The number of carboxylic acids is 1. The number of ether oxygens (including phenoxy) is 1. The molecule has 2 aliphatic carbocycles. The molecule has 34 heavy (non-hydrogen) atoms. The second-order valence-corrected chi connectivity index (χ2v) is 10.6. The van der Waals surface area contributed by atoms with Gasteiger partial charge in [0.15, 0.2) is 0 Å². The highest BCUT2D eigenvalue weighted by Gasteiger charge is 2.54. The molecule has 2 aromatic carbocycles. The van der Waals surface area contributed by atoms with E-state index in [4.69, 9.17) is 4.74 Å². The summed E-state index contributed by atoms with van der Waals surface area (Å²) in [6, 6.07) is 15.2. The normalized spacial score (nSPS) is 16.7. The van der Waals surface area contributed by atoms with Gasteiger partial charge in [-0.25, -0.2) is 9.59 Å². The van der Waals surface area contributed by atoms with Crippen molar-refractivity contribution in [2.45, 2.75) is 57.5 Å². The zero-order chi connectivity index (χ0) is 24.7. The molecule has 0 saturated heterocycles. The number of likely N-dealkylation sites (N-methyl/N-ethyl adjacent to an activating group) is 1. The molecule has 0 spiro atoms. The Morgan fingerprint density at radius 2 is 1.59 bits per heavy atom. The van der Waals surface area contributed by atoms with Gasteiger partial charge in [0, 0.05) is 13.0 Å². The summed E-state index contributed by atoms with van der Waals surface area (Å²) in [5.41, 5.74) is 3.14. The Morgan fingerprint density at radius 3 is 2.06 bits per heavy atom. The molecule has 1 atom stereocenters. The Balaban J connectivity index is 1.42. The minimum absolute atomic E-state index is 0.0742. The molecule has 2 aliphatic rings. The molecule has 2 amide bonds. The van der Waals surface area contributed by atoms with Crippen LogP contribution in [0.1, 0.15) is 57.1 Å². The summed E-state index contributed by atoms with van der Waals surface area (Å²) in [5.74, 6) is -1.52. The number of amides is 2. The van der Waals surface area contributed by atoms with Crippen LogP contribution in [-0.2, 0) is 14.3 Å². The van der Waals surface area contributed by atoms with Gasteiger partial charge >= 0.3 is 12.1 Å². The molecule has 4 rings (SSSR count). The number of nitrogens with zero attached hydrogens (tertiary/aromatic N) is 1. The van der Waals surface area contributed by atoms with E-state index in [1.54, 1.807) is 0 Å². The quantitative estimate of drug-likeness (QED) is 0.633.